The highest BCUT2D eigenvalue weighted by atomic mass is 16.4. The van der Waals surface area contributed by atoms with Gasteiger partial charge in [-0.3, -0.25) is 0 Å². The SMILES string of the molecule is CC(C)(C)CC(C)(C)C(=NO)c1ccccc1. The molecule has 17 heavy (non-hydrogen) atoms. The fourth-order valence-electron chi connectivity index (χ4n) is 2.59. The number of rotatable bonds is 3. The van der Waals surface area contributed by atoms with Gasteiger partial charge in [-0.15, -0.1) is 0 Å². The Hall–Kier alpha value is -1.31. The van der Waals surface area contributed by atoms with Crippen LogP contribution in [0.4, 0.5) is 0 Å². The van der Waals surface area contributed by atoms with Gasteiger partial charge in [0.1, 0.15) is 0 Å². The van der Waals surface area contributed by atoms with Crippen LogP contribution in [0.3, 0.4) is 0 Å². The van der Waals surface area contributed by atoms with Crippen LogP contribution in [0.25, 0.3) is 0 Å². The molecule has 0 radical (unpaired) electrons. The molecule has 1 N–H and O–H groups in total. The molecule has 0 saturated carbocycles. The van der Waals surface area contributed by atoms with Gasteiger partial charge in [-0.25, -0.2) is 0 Å². The van der Waals surface area contributed by atoms with Crippen LogP contribution in [0.15, 0.2) is 35.5 Å². The highest BCUT2D eigenvalue weighted by molar-refractivity contribution is 6.03. The van der Waals surface area contributed by atoms with E-state index in [1.807, 2.05) is 30.3 Å². The average molecular weight is 233 g/mol. The van der Waals surface area contributed by atoms with Crippen LogP contribution in [-0.4, -0.2) is 10.9 Å². The number of hydrogen-bond donors (Lipinski definition) is 1. The van der Waals surface area contributed by atoms with Gasteiger partial charge in [0.15, 0.2) is 0 Å². The van der Waals surface area contributed by atoms with Crippen molar-refractivity contribution in [3.05, 3.63) is 35.9 Å². The van der Waals surface area contributed by atoms with Crippen molar-refractivity contribution < 1.29 is 5.21 Å². The summed E-state index contributed by atoms with van der Waals surface area (Å²) in [5.41, 5.74) is 1.81. The second-order valence-electron chi connectivity index (χ2n) is 6.44. The molecule has 0 aliphatic carbocycles. The van der Waals surface area contributed by atoms with Gasteiger partial charge >= 0.3 is 0 Å². The second kappa shape index (κ2) is 4.91. The smallest absolute Gasteiger partial charge is 0.0924 e. The Morgan fingerprint density at radius 3 is 2.00 bits per heavy atom. The average Bonchev–Trinajstić information content (AvgIpc) is 2.15. The Morgan fingerprint density at radius 1 is 1.06 bits per heavy atom. The molecule has 0 amide bonds. The Kier molecular flexibility index (Phi) is 3.97. The maximum Gasteiger partial charge on any atom is 0.0924 e. The van der Waals surface area contributed by atoms with Crippen molar-refractivity contribution in [2.45, 2.75) is 41.0 Å². The van der Waals surface area contributed by atoms with Crippen molar-refractivity contribution in [1.29, 1.82) is 0 Å². The third-order valence-electron chi connectivity index (χ3n) is 2.76. The monoisotopic (exact) mass is 233 g/mol. The Morgan fingerprint density at radius 2 is 1.59 bits per heavy atom. The Bertz CT molecular complexity index is 385. The van der Waals surface area contributed by atoms with E-state index in [2.05, 4.69) is 39.8 Å². The van der Waals surface area contributed by atoms with Crippen LogP contribution in [0, 0.1) is 10.8 Å². The molecule has 0 heterocycles. The van der Waals surface area contributed by atoms with Crippen molar-refractivity contribution in [2.24, 2.45) is 16.0 Å². The van der Waals surface area contributed by atoms with Crippen molar-refractivity contribution >= 4 is 5.71 Å². The van der Waals surface area contributed by atoms with Gasteiger partial charge in [0.2, 0.25) is 0 Å². The summed E-state index contributed by atoms with van der Waals surface area (Å²) in [6.45, 7) is 10.9. The van der Waals surface area contributed by atoms with E-state index in [0.29, 0.717) is 0 Å². The maximum absolute atomic E-state index is 9.30. The summed E-state index contributed by atoms with van der Waals surface area (Å²) in [6.07, 6.45) is 0.967. The van der Waals surface area contributed by atoms with Crippen LogP contribution in [0.1, 0.15) is 46.6 Å². The zero-order valence-electron chi connectivity index (χ0n) is 11.5. The standard InChI is InChI=1S/C15H23NO/c1-14(2,3)11-15(4,5)13(16-17)12-9-7-6-8-10-12/h6-10,17H,11H2,1-5H3. The Balaban J connectivity index is 3.04. The summed E-state index contributed by atoms with van der Waals surface area (Å²) < 4.78 is 0. The molecular weight excluding hydrogens is 210 g/mol. The predicted octanol–water partition coefficient (Wildman–Crippen LogP) is 4.33. The summed E-state index contributed by atoms with van der Waals surface area (Å²) in [5.74, 6) is 0. The van der Waals surface area contributed by atoms with Crippen molar-refractivity contribution in [2.75, 3.05) is 0 Å². The molecule has 0 spiro atoms. The third-order valence-corrected chi connectivity index (χ3v) is 2.76. The molecule has 2 heteroatoms. The van der Waals surface area contributed by atoms with E-state index >= 15 is 0 Å². The summed E-state index contributed by atoms with van der Waals surface area (Å²) in [6, 6.07) is 9.87. The lowest BCUT2D eigenvalue weighted by Gasteiger charge is -2.33. The summed E-state index contributed by atoms with van der Waals surface area (Å²) in [5, 5.41) is 12.8. The van der Waals surface area contributed by atoms with Gasteiger partial charge < -0.3 is 5.21 Å². The van der Waals surface area contributed by atoms with E-state index in [9.17, 15) is 5.21 Å². The van der Waals surface area contributed by atoms with Crippen molar-refractivity contribution in [1.82, 2.24) is 0 Å². The largest absolute Gasteiger partial charge is 0.411 e. The molecule has 1 aromatic carbocycles. The summed E-state index contributed by atoms with van der Waals surface area (Å²) >= 11 is 0. The van der Waals surface area contributed by atoms with Gasteiger partial charge in [-0.1, -0.05) is 70.1 Å². The van der Waals surface area contributed by atoms with Crippen LogP contribution >= 0.6 is 0 Å². The predicted molar refractivity (Wildman–Crippen MR) is 72.6 cm³/mol. The fourth-order valence-corrected chi connectivity index (χ4v) is 2.59. The minimum absolute atomic E-state index is 0.144. The van der Waals surface area contributed by atoms with Crippen LogP contribution in [-0.2, 0) is 0 Å². The van der Waals surface area contributed by atoms with Gasteiger partial charge in [0.05, 0.1) is 5.71 Å². The molecule has 0 aliphatic heterocycles. The molecule has 2 nitrogen and oxygen atoms in total. The van der Waals surface area contributed by atoms with Crippen LogP contribution < -0.4 is 0 Å². The molecule has 0 fully saturated rings. The number of nitrogens with zero attached hydrogens (tertiary/aromatic N) is 1. The molecule has 0 saturated heterocycles. The van der Waals surface area contributed by atoms with Gasteiger partial charge in [-0.05, 0) is 17.4 Å². The zero-order chi connectivity index (χ0) is 13.1. The minimum Gasteiger partial charge on any atom is -0.411 e. The summed E-state index contributed by atoms with van der Waals surface area (Å²) in [4.78, 5) is 0. The topological polar surface area (TPSA) is 32.6 Å². The first-order valence-electron chi connectivity index (χ1n) is 6.04. The molecule has 0 unspecified atom stereocenters. The quantitative estimate of drug-likeness (QED) is 0.470. The van der Waals surface area contributed by atoms with E-state index < -0.39 is 0 Å². The molecule has 0 aromatic heterocycles. The molecule has 0 bridgehead atoms. The van der Waals surface area contributed by atoms with Gasteiger partial charge in [0, 0.05) is 5.41 Å². The van der Waals surface area contributed by atoms with Crippen molar-refractivity contribution in [3.63, 3.8) is 0 Å². The first kappa shape index (κ1) is 13.8. The molecular formula is C15H23NO. The van der Waals surface area contributed by atoms with E-state index in [0.717, 1.165) is 17.7 Å². The lowest BCUT2D eigenvalue weighted by atomic mass is 9.72. The highest BCUT2D eigenvalue weighted by Gasteiger charge is 2.31. The Labute approximate surface area is 104 Å². The second-order valence-corrected chi connectivity index (χ2v) is 6.44. The highest BCUT2D eigenvalue weighted by Crippen LogP contribution is 2.36. The minimum atomic E-state index is -0.144. The lowest BCUT2D eigenvalue weighted by Crippen LogP contribution is -2.30. The molecule has 1 aromatic rings. The number of hydrogen-bond acceptors (Lipinski definition) is 2. The molecule has 94 valence electrons. The van der Waals surface area contributed by atoms with Gasteiger partial charge in [-0.2, -0.15) is 0 Å². The number of benzene rings is 1. The first-order chi connectivity index (χ1) is 7.76. The normalized spacial score (nSPS) is 13.8. The third kappa shape index (κ3) is 3.88. The van der Waals surface area contributed by atoms with Crippen molar-refractivity contribution in [3.8, 4) is 0 Å². The van der Waals surface area contributed by atoms with Crippen LogP contribution in [0.5, 0.6) is 0 Å². The van der Waals surface area contributed by atoms with Crippen LogP contribution in [0.2, 0.25) is 0 Å². The van der Waals surface area contributed by atoms with E-state index in [1.165, 1.54) is 0 Å². The van der Waals surface area contributed by atoms with E-state index in [4.69, 9.17) is 0 Å². The van der Waals surface area contributed by atoms with E-state index in [-0.39, 0.29) is 10.8 Å². The molecule has 0 atom stereocenters. The summed E-state index contributed by atoms with van der Waals surface area (Å²) in [7, 11) is 0. The molecule has 1 rings (SSSR count). The van der Waals surface area contributed by atoms with E-state index in [1.54, 1.807) is 0 Å². The zero-order valence-corrected chi connectivity index (χ0v) is 11.5. The maximum atomic E-state index is 9.30. The number of oxime groups is 1. The van der Waals surface area contributed by atoms with Gasteiger partial charge in [0.25, 0.3) is 0 Å². The fraction of sp³-hybridized carbons (Fsp3) is 0.533. The first-order valence-corrected chi connectivity index (χ1v) is 6.04. The lowest BCUT2D eigenvalue weighted by molar-refractivity contribution is 0.262. The molecule has 0 aliphatic rings.